The number of nitrogens with zero attached hydrogens (tertiary/aromatic N) is 4. The van der Waals surface area contributed by atoms with Crippen LogP contribution in [0.1, 0.15) is 17.7 Å². The molecule has 4 rings (SSSR count). The number of aromatic nitrogens is 3. The average molecular weight is 444 g/mol. The Morgan fingerprint density at radius 2 is 2.16 bits per heavy atom. The van der Waals surface area contributed by atoms with Gasteiger partial charge in [-0.3, -0.25) is 9.69 Å². The van der Waals surface area contributed by atoms with Crippen molar-refractivity contribution in [2.24, 2.45) is 0 Å². The van der Waals surface area contributed by atoms with E-state index in [-0.39, 0.29) is 6.42 Å². The monoisotopic (exact) mass is 443 g/mol. The minimum Gasteiger partial charge on any atom is -0.493 e. The molecular weight excluding hydrogens is 418 g/mol. The number of hydrogen-bond donors (Lipinski definition) is 2. The van der Waals surface area contributed by atoms with E-state index in [2.05, 4.69) is 25.2 Å². The molecule has 10 heteroatoms. The van der Waals surface area contributed by atoms with Gasteiger partial charge in [0.15, 0.2) is 5.13 Å². The van der Waals surface area contributed by atoms with Crippen molar-refractivity contribution in [1.82, 2.24) is 19.9 Å². The van der Waals surface area contributed by atoms with Crippen LogP contribution in [-0.4, -0.2) is 70.4 Å². The second-order valence-electron chi connectivity index (χ2n) is 7.35. The molecule has 0 radical (unpaired) electrons. The Labute approximate surface area is 184 Å². The maximum absolute atomic E-state index is 10.9. The zero-order valence-electron chi connectivity index (χ0n) is 17.3. The maximum Gasteiger partial charge on any atom is 0.309 e. The van der Waals surface area contributed by atoms with Crippen LogP contribution in [0.2, 0.25) is 0 Å². The Bertz CT molecular complexity index is 1050. The van der Waals surface area contributed by atoms with Gasteiger partial charge in [-0.15, -0.1) is 11.3 Å². The molecule has 1 aliphatic rings. The molecule has 31 heavy (non-hydrogen) atoms. The average Bonchev–Trinajstić information content (AvgIpc) is 3.19. The molecule has 164 valence electrons. The summed E-state index contributed by atoms with van der Waals surface area (Å²) < 4.78 is 11.4. The highest BCUT2D eigenvalue weighted by Gasteiger charge is 2.13. The molecule has 1 aliphatic heterocycles. The molecule has 0 atom stereocenters. The minimum atomic E-state index is -0.905. The van der Waals surface area contributed by atoms with E-state index < -0.39 is 5.97 Å². The van der Waals surface area contributed by atoms with Crippen LogP contribution in [0.4, 0.5) is 10.9 Å². The molecule has 3 aromatic rings. The SMILES string of the molecule is Cc1cc2c(Nc3nc(CC(=O)O)cs3)ncnc2cc1OCCCN1CCOCC1. The molecule has 1 fully saturated rings. The van der Waals surface area contributed by atoms with E-state index in [1.807, 2.05) is 19.1 Å². The summed E-state index contributed by atoms with van der Waals surface area (Å²) in [5, 5.41) is 15.3. The van der Waals surface area contributed by atoms with E-state index in [0.717, 1.165) is 61.5 Å². The largest absolute Gasteiger partial charge is 0.493 e. The lowest BCUT2D eigenvalue weighted by Crippen LogP contribution is -2.37. The first-order chi connectivity index (χ1) is 15.1. The van der Waals surface area contributed by atoms with Gasteiger partial charge in [0.25, 0.3) is 0 Å². The maximum atomic E-state index is 10.9. The fourth-order valence-corrected chi connectivity index (χ4v) is 4.15. The smallest absolute Gasteiger partial charge is 0.309 e. The lowest BCUT2D eigenvalue weighted by atomic mass is 10.1. The van der Waals surface area contributed by atoms with Crippen LogP contribution in [0.15, 0.2) is 23.8 Å². The first kappa shape index (κ1) is 21.4. The number of thiazole rings is 1. The quantitative estimate of drug-likeness (QED) is 0.482. The number of rotatable bonds is 9. The molecule has 1 aromatic carbocycles. The Morgan fingerprint density at radius 1 is 1.32 bits per heavy atom. The lowest BCUT2D eigenvalue weighted by Gasteiger charge is -2.26. The van der Waals surface area contributed by atoms with E-state index in [0.29, 0.717) is 23.3 Å². The molecule has 3 heterocycles. The van der Waals surface area contributed by atoms with Crippen molar-refractivity contribution in [3.8, 4) is 5.75 Å². The van der Waals surface area contributed by atoms with E-state index in [9.17, 15) is 4.79 Å². The fourth-order valence-electron chi connectivity index (χ4n) is 3.44. The summed E-state index contributed by atoms with van der Waals surface area (Å²) in [6, 6.07) is 3.94. The number of morpholine rings is 1. The van der Waals surface area contributed by atoms with Crippen LogP contribution in [0.5, 0.6) is 5.75 Å². The van der Waals surface area contributed by atoms with Crippen LogP contribution >= 0.6 is 11.3 Å². The molecule has 2 aromatic heterocycles. The predicted molar refractivity (Wildman–Crippen MR) is 118 cm³/mol. The fraction of sp³-hybridized carbons (Fsp3) is 0.429. The highest BCUT2D eigenvalue weighted by molar-refractivity contribution is 7.13. The Kier molecular flexibility index (Phi) is 6.90. The van der Waals surface area contributed by atoms with Gasteiger partial charge in [-0.25, -0.2) is 15.0 Å². The molecule has 1 saturated heterocycles. The van der Waals surface area contributed by atoms with Crippen LogP contribution in [0.25, 0.3) is 10.9 Å². The van der Waals surface area contributed by atoms with Crippen molar-refractivity contribution in [2.45, 2.75) is 19.8 Å². The van der Waals surface area contributed by atoms with Crippen molar-refractivity contribution in [3.63, 3.8) is 0 Å². The van der Waals surface area contributed by atoms with Gasteiger partial charge >= 0.3 is 5.97 Å². The molecule has 0 spiro atoms. The Balaban J connectivity index is 1.41. The summed E-state index contributed by atoms with van der Waals surface area (Å²) in [6.07, 6.45) is 2.35. The number of aliphatic carboxylic acids is 1. The normalized spacial score (nSPS) is 14.6. The van der Waals surface area contributed by atoms with Crippen molar-refractivity contribution >= 4 is 39.2 Å². The third-order valence-electron chi connectivity index (χ3n) is 5.02. The van der Waals surface area contributed by atoms with Crippen LogP contribution in [0, 0.1) is 6.92 Å². The number of carboxylic acids is 1. The van der Waals surface area contributed by atoms with E-state index >= 15 is 0 Å². The number of ether oxygens (including phenoxy) is 2. The first-order valence-corrected chi connectivity index (χ1v) is 11.1. The number of nitrogens with one attached hydrogen (secondary N) is 1. The van der Waals surface area contributed by atoms with E-state index in [4.69, 9.17) is 14.6 Å². The van der Waals surface area contributed by atoms with Crippen molar-refractivity contribution < 1.29 is 19.4 Å². The van der Waals surface area contributed by atoms with Crippen LogP contribution in [-0.2, 0) is 16.0 Å². The molecule has 0 amide bonds. The summed E-state index contributed by atoms with van der Waals surface area (Å²) in [7, 11) is 0. The summed E-state index contributed by atoms with van der Waals surface area (Å²) in [5.74, 6) is 0.540. The third kappa shape index (κ3) is 5.66. The standard InChI is InChI=1S/C21H25N5O4S/c1-14-9-16-17(11-18(14)30-6-2-3-26-4-7-29-8-5-26)22-13-23-20(16)25-21-24-15(12-31-21)10-19(27)28/h9,11-13H,2-8,10H2,1H3,(H,27,28)(H,22,23,24,25). The van der Waals surface area contributed by atoms with Gasteiger partial charge in [0.1, 0.15) is 17.9 Å². The molecule has 0 aliphatic carbocycles. The molecule has 0 unspecified atom stereocenters. The molecule has 0 saturated carbocycles. The van der Waals surface area contributed by atoms with Crippen LogP contribution in [0.3, 0.4) is 0 Å². The van der Waals surface area contributed by atoms with Gasteiger partial charge in [0.2, 0.25) is 0 Å². The number of benzene rings is 1. The zero-order chi connectivity index (χ0) is 21.6. The van der Waals surface area contributed by atoms with E-state index in [1.54, 1.807) is 5.38 Å². The summed E-state index contributed by atoms with van der Waals surface area (Å²) in [5.41, 5.74) is 2.29. The van der Waals surface area contributed by atoms with Gasteiger partial charge in [-0.1, -0.05) is 0 Å². The van der Waals surface area contributed by atoms with Gasteiger partial charge in [0, 0.05) is 36.5 Å². The number of carboxylic acid groups (broad SMARTS) is 1. The Morgan fingerprint density at radius 3 is 2.97 bits per heavy atom. The highest BCUT2D eigenvalue weighted by Crippen LogP contribution is 2.30. The van der Waals surface area contributed by atoms with Gasteiger partial charge in [-0.2, -0.15) is 0 Å². The van der Waals surface area contributed by atoms with Crippen LogP contribution < -0.4 is 10.1 Å². The van der Waals surface area contributed by atoms with E-state index in [1.165, 1.54) is 17.7 Å². The zero-order valence-corrected chi connectivity index (χ0v) is 18.2. The Hall–Kier alpha value is -2.82. The number of aryl methyl sites for hydroxylation is 1. The summed E-state index contributed by atoms with van der Waals surface area (Å²) >= 11 is 1.35. The third-order valence-corrected chi connectivity index (χ3v) is 5.83. The summed E-state index contributed by atoms with van der Waals surface area (Å²) in [4.78, 5) is 26.3. The molecule has 0 bridgehead atoms. The number of anilines is 2. The second kappa shape index (κ2) is 9.99. The number of carbonyl (C=O) groups is 1. The molecule has 9 nitrogen and oxygen atoms in total. The van der Waals surface area contributed by atoms with Crippen molar-refractivity contribution in [2.75, 3.05) is 44.8 Å². The molecular formula is C21H25N5O4S. The van der Waals surface area contributed by atoms with Gasteiger partial charge in [-0.05, 0) is 25.0 Å². The minimum absolute atomic E-state index is 0.103. The number of hydrogen-bond acceptors (Lipinski definition) is 9. The summed E-state index contributed by atoms with van der Waals surface area (Å²) in [6.45, 7) is 7.24. The topological polar surface area (TPSA) is 110 Å². The molecule has 2 N–H and O–H groups in total. The number of fused-ring (bicyclic) bond motifs is 1. The van der Waals surface area contributed by atoms with Gasteiger partial charge < -0.3 is 19.9 Å². The van der Waals surface area contributed by atoms with Gasteiger partial charge in [0.05, 0.1) is 37.5 Å². The predicted octanol–water partition coefficient (Wildman–Crippen LogP) is 2.87. The second-order valence-corrected chi connectivity index (χ2v) is 8.21. The first-order valence-electron chi connectivity index (χ1n) is 10.2. The van der Waals surface area contributed by atoms with Crippen molar-refractivity contribution in [3.05, 3.63) is 35.1 Å². The highest BCUT2D eigenvalue weighted by atomic mass is 32.1. The van der Waals surface area contributed by atoms with Crippen molar-refractivity contribution in [1.29, 1.82) is 0 Å². The lowest BCUT2D eigenvalue weighted by molar-refractivity contribution is -0.136.